The van der Waals surface area contributed by atoms with Crippen LogP contribution in [0.15, 0.2) is 48.5 Å². The summed E-state index contributed by atoms with van der Waals surface area (Å²) in [4.78, 5) is 12.0. The van der Waals surface area contributed by atoms with Crippen molar-refractivity contribution < 1.29 is 9.53 Å². The Balaban J connectivity index is 1.54. The Hall–Kier alpha value is -2.53. The second kappa shape index (κ2) is 11.6. The summed E-state index contributed by atoms with van der Waals surface area (Å²) in [5.74, 6) is 6.79. The molecule has 1 fully saturated rings. The molecule has 2 heteroatoms. The molecule has 1 aliphatic rings. The number of hydrogen-bond donors (Lipinski definition) is 0. The molecule has 0 saturated heterocycles. The number of ether oxygens (including phenoxy) is 1. The van der Waals surface area contributed by atoms with E-state index < -0.39 is 0 Å². The van der Waals surface area contributed by atoms with Crippen molar-refractivity contribution in [2.45, 2.75) is 71.1 Å². The van der Waals surface area contributed by atoms with Gasteiger partial charge in [0.05, 0.1) is 5.56 Å². The van der Waals surface area contributed by atoms with Gasteiger partial charge in [0.15, 0.2) is 6.61 Å². The average molecular weight is 403 g/mol. The van der Waals surface area contributed by atoms with Crippen molar-refractivity contribution in [3.8, 4) is 23.0 Å². The first-order valence-electron chi connectivity index (χ1n) is 11.5. The molecule has 2 nitrogen and oxygen atoms in total. The Morgan fingerprint density at radius 3 is 2.17 bits per heavy atom. The summed E-state index contributed by atoms with van der Waals surface area (Å²) in [6.07, 6.45) is 11.0. The van der Waals surface area contributed by atoms with Gasteiger partial charge in [-0.05, 0) is 73.3 Å². The van der Waals surface area contributed by atoms with Gasteiger partial charge < -0.3 is 4.74 Å². The van der Waals surface area contributed by atoms with Gasteiger partial charge in [-0.15, -0.1) is 5.92 Å². The molecule has 0 heterocycles. The lowest BCUT2D eigenvalue weighted by atomic mass is 9.77. The highest BCUT2D eigenvalue weighted by molar-refractivity contribution is 5.90. The first-order chi connectivity index (χ1) is 14.7. The SMILES string of the molecule is CC#CCOC(=O)c1ccc(-c2ccc(C3CCC(CCCCC)CC3)cc2)cc1. The van der Waals surface area contributed by atoms with E-state index in [1.54, 1.807) is 6.92 Å². The van der Waals surface area contributed by atoms with E-state index >= 15 is 0 Å². The lowest BCUT2D eigenvalue weighted by Gasteiger charge is -2.29. The normalized spacial score (nSPS) is 18.3. The molecule has 2 aromatic carbocycles. The maximum atomic E-state index is 12.0. The smallest absolute Gasteiger partial charge is 0.339 e. The number of esters is 1. The average Bonchev–Trinajstić information content (AvgIpc) is 2.80. The van der Waals surface area contributed by atoms with Gasteiger partial charge in [-0.25, -0.2) is 4.79 Å². The van der Waals surface area contributed by atoms with Crippen molar-refractivity contribution in [1.29, 1.82) is 0 Å². The standard InChI is InChI=1S/C28H34O2/c1-3-5-7-8-22-9-11-23(12-10-22)24-13-15-25(16-14-24)26-17-19-27(20-18-26)28(29)30-21-6-4-2/h13-20,22-23H,3,5,7-12,21H2,1-2H3. The third kappa shape index (κ3) is 6.23. The number of unbranched alkanes of at least 4 members (excludes halogenated alkanes) is 2. The van der Waals surface area contributed by atoms with Crippen LogP contribution in [-0.4, -0.2) is 12.6 Å². The van der Waals surface area contributed by atoms with Gasteiger partial charge >= 0.3 is 5.97 Å². The number of benzene rings is 2. The molecule has 0 aliphatic heterocycles. The maximum Gasteiger partial charge on any atom is 0.339 e. The quantitative estimate of drug-likeness (QED) is 0.261. The number of hydrogen-bond acceptors (Lipinski definition) is 2. The maximum absolute atomic E-state index is 12.0. The molecule has 158 valence electrons. The molecule has 1 saturated carbocycles. The minimum absolute atomic E-state index is 0.138. The molecule has 0 aromatic heterocycles. The minimum Gasteiger partial charge on any atom is -0.449 e. The second-order valence-corrected chi connectivity index (χ2v) is 8.42. The largest absolute Gasteiger partial charge is 0.449 e. The Kier molecular flexibility index (Phi) is 8.57. The fourth-order valence-electron chi connectivity index (χ4n) is 4.47. The molecular weight excluding hydrogens is 368 g/mol. The zero-order valence-electron chi connectivity index (χ0n) is 18.5. The van der Waals surface area contributed by atoms with Crippen molar-refractivity contribution >= 4 is 5.97 Å². The predicted octanol–water partition coefficient (Wildman–Crippen LogP) is 7.39. The van der Waals surface area contributed by atoms with Crippen LogP contribution in [0.5, 0.6) is 0 Å². The Morgan fingerprint density at radius 2 is 1.57 bits per heavy atom. The summed E-state index contributed by atoms with van der Waals surface area (Å²) in [5, 5.41) is 0. The van der Waals surface area contributed by atoms with Crippen LogP contribution in [0, 0.1) is 17.8 Å². The summed E-state index contributed by atoms with van der Waals surface area (Å²) >= 11 is 0. The van der Waals surface area contributed by atoms with Gasteiger partial charge in [0, 0.05) is 0 Å². The van der Waals surface area contributed by atoms with E-state index in [2.05, 4.69) is 43.0 Å². The molecule has 0 radical (unpaired) electrons. The van der Waals surface area contributed by atoms with Crippen LogP contribution in [0.25, 0.3) is 11.1 Å². The van der Waals surface area contributed by atoms with Crippen LogP contribution < -0.4 is 0 Å². The van der Waals surface area contributed by atoms with E-state index in [1.165, 1.54) is 62.5 Å². The number of carbonyl (C=O) groups excluding carboxylic acids is 1. The van der Waals surface area contributed by atoms with Gasteiger partial charge in [-0.2, -0.15) is 0 Å². The van der Waals surface area contributed by atoms with Crippen molar-refractivity contribution in [3.05, 3.63) is 59.7 Å². The van der Waals surface area contributed by atoms with E-state index in [9.17, 15) is 4.79 Å². The molecule has 0 spiro atoms. The molecule has 0 unspecified atom stereocenters. The summed E-state index contributed by atoms with van der Waals surface area (Å²) in [7, 11) is 0. The summed E-state index contributed by atoms with van der Waals surface area (Å²) in [5.41, 5.74) is 4.34. The highest BCUT2D eigenvalue weighted by Crippen LogP contribution is 2.38. The van der Waals surface area contributed by atoms with Crippen LogP contribution in [-0.2, 0) is 4.74 Å². The summed E-state index contributed by atoms with van der Waals surface area (Å²) in [6, 6.07) is 16.6. The first-order valence-corrected chi connectivity index (χ1v) is 11.5. The Bertz CT molecular complexity index is 844. The van der Waals surface area contributed by atoms with Crippen molar-refractivity contribution in [1.82, 2.24) is 0 Å². The fraction of sp³-hybridized carbons (Fsp3) is 0.464. The molecule has 30 heavy (non-hydrogen) atoms. The first kappa shape index (κ1) is 22.2. The molecule has 1 aliphatic carbocycles. The van der Waals surface area contributed by atoms with Gasteiger partial charge in [-0.3, -0.25) is 0 Å². The summed E-state index contributed by atoms with van der Waals surface area (Å²) in [6.45, 7) is 4.15. The van der Waals surface area contributed by atoms with Crippen molar-refractivity contribution in [3.63, 3.8) is 0 Å². The molecular formula is C28H34O2. The minimum atomic E-state index is -0.329. The zero-order chi connectivity index (χ0) is 21.2. The zero-order valence-corrected chi connectivity index (χ0v) is 18.5. The van der Waals surface area contributed by atoms with E-state index in [-0.39, 0.29) is 12.6 Å². The highest BCUT2D eigenvalue weighted by atomic mass is 16.5. The monoisotopic (exact) mass is 402 g/mol. The molecule has 2 aromatic rings. The van der Waals surface area contributed by atoms with Crippen LogP contribution >= 0.6 is 0 Å². The van der Waals surface area contributed by atoms with E-state index in [0.29, 0.717) is 11.5 Å². The molecule has 0 atom stereocenters. The van der Waals surface area contributed by atoms with Gasteiger partial charge in [-0.1, -0.05) is 74.9 Å². The molecule has 0 amide bonds. The molecule has 0 bridgehead atoms. The second-order valence-electron chi connectivity index (χ2n) is 8.42. The number of rotatable bonds is 8. The predicted molar refractivity (Wildman–Crippen MR) is 124 cm³/mol. The Morgan fingerprint density at radius 1 is 0.933 bits per heavy atom. The lowest BCUT2D eigenvalue weighted by Crippen LogP contribution is -2.13. The van der Waals surface area contributed by atoms with Gasteiger partial charge in [0.1, 0.15) is 0 Å². The highest BCUT2D eigenvalue weighted by Gasteiger charge is 2.22. The molecule has 0 N–H and O–H groups in total. The van der Waals surface area contributed by atoms with Crippen LogP contribution in [0.3, 0.4) is 0 Å². The van der Waals surface area contributed by atoms with Crippen molar-refractivity contribution in [2.75, 3.05) is 6.61 Å². The van der Waals surface area contributed by atoms with Crippen molar-refractivity contribution in [2.24, 2.45) is 5.92 Å². The van der Waals surface area contributed by atoms with Crippen LogP contribution in [0.2, 0.25) is 0 Å². The number of carbonyl (C=O) groups is 1. The van der Waals surface area contributed by atoms with E-state index in [4.69, 9.17) is 4.74 Å². The fourth-order valence-corrected chi connectivity index (χ4v) is 4.47. The lowest BCUT2D eigenvalue weighted by molar-refractivity contribution is 0.0556. The van der Waals surface area contributed by atoms with E-state index in [1.807, 2.05) is 24.3 Å². The van der Waals surface area contributed by atoms with Crippen LogP contribution in [0.1, 0.15) is 87.1 Å². The van der Waals surface area contributed by atoms with Crippen LogP contribution in [0.4, 0.5) is 0 Å². The topological polar surface area (TPSA) is 26.3 Å². The summed E-state index contributed by atoms with van der Waals surface area (Å²) < 4.78 is 5.12. The van der Waals surface area contributed by atoms with Gasteiger partial charge in [0.2, 0.25) is 0 Å². The third-order valence-corrected chi connectivity index (χ3v) is 6.35. The van der Waals surface area contributed by atoms with Gasteiger partial charge in [0.25, 0.3) is 0 Å². The Labute approximate surface area is 182 Å². The third-order valence-electron chi connectivity index (χ3n) is 6.35. The molecule has 3 rings (SSSR count). The van der Waals surface area contributed by atoms with E-state index in [0.717, 1.165) is 11.5 Å².